The van der Waals surface area contributed by atoms with E-state index in [0.29, 0.717) is 6.42 Å². The molecular weight excluding hydrogens is 160 g/mol. The predicted octanol–water partition coefficient (Wildman–Crippen LogP) is -0.656. The number of hydrogen-bond acceptors (Lipinski definition) is 3. The average Bonchev–Trinajstić information content (AvgIpc) is 1.87. The summed E-state index contributed by atoms with van der Waals surface area (Å²) >= 11 is 0. The highest BCUT2D eigenvalue weighted by Gasteiger charge is 1.84. The smallest absolute Gasteiger partial charge is 0.218 e. The summed E-state index contributed by atoms with van der Waals surface area (Å²) in [6.45, 7) is 3.00. The van der Waals surface area contributed by atoms with E-state index in [-0.39, 0.29) is 18.5 Å². The van der Waals surface area contributed by atoms with E-state index in [1.165, 1.54) is 6.92 Å². The molecule has 0 saturated carbocycles. The summed E-state index contributed by atoms with van der Waals surface area (Å²) < 4.78 is 0. The van der Waals surface area contributed by atoms with Crippen molar-refractivity contribution in [3.05, 3.63) is 0 Å². The molecule has 0 bridgehead atoms. The van der Waals surface area contributed by atoms with Gasteiger partial charge in [0.2, 0.25) is 11.8 Å². The maximum absolute atomic E-state index is 9.82. The van der Waals surface area contributed by atoms with Gasteiger partial charge in [-0.05, 0) is 6.42 Å². The Labute approximate surface area is 71.9 Å². The average molecular weight is 176 g/mol. The first-order valence-electron chi connectivity index (χ1n) is 3.68. The first-order valence-corrected chi connectivity index (χ1v) is 3.68. The normalized spacial score (nSPS) is 7.92. The lowest BCUT2D eigenvalue weighted by atomic mass is 10.3. The van der Waals surface area contributed by atoms with E-state index in [1.807, 2.05) is 6.92 Å². The number of nitrogens with one attached hydrogen (secondary N) is 1. The highest BCUT2D eigenvalue weighted by atomic mass is 16.3. The van der Waals surface area contributed by atoms with Crippen molar-refractivity contribution in [1.29, 1.82) is 0 Å². The zero-order chi connectivity index (χ0) is 9.98. The molecule has 0 aromatic heterocycles. The zero-order valence-corrected chi connectivity index (χ0v) is 7.46. The topological polar surface area (TPSA) is 92.4 Å². The monoisotopic (exact) mass is 176 g/mol. The summed E-state index contributed by atoms with van der Waals surface area (Å²) in [4.78, 5) is 19.6. The van der Waals surface area contributed by atoms with E-state index >= 15 is 0 Å². The molecule has 0 aromatic rings. The van der Waals surface area contributed by atoms with Crippen molar-refractivity contribution in [3.63, 3.8) is 0 Å². The molecule has 0 radical (unpaired) electrons. The molecule has 0 unspecified atom stereocenters. The minimum atomic E-state index is -0.269. The molecule has 0 aromatic carbocycles. The highest BCUT2D eigenvalue weighted by Crippen LogP contribution is 1.79. The number of carbonyl (C=O) groups is 2. The second-order valence-electron chi connectivity index (χ2n) is 2.11. The molecule has 0 atom stereocenters. The fourth-order valence-electron chi connectivity index (χ4n) is 0.358. The van der Waals surface area contributed by atoms with Crippen molar-refractivity contribution < 1.29 is 14.7 Å². The van der Waals surface area contributed by atoms with Crippen LogP contribution in [0.15, 0.2) is 0 Å². The number of aliphatic hydroxyl groups is 1. The largest absolute Gasteiger partial charge is 0.377 e. The maximum atomic E-state index is 9.82. The number of nitrogens with two attached hydrogens (primary N) is 1. The van der Waals surface area contributed by atoms with Crippen molar-refractivity contribution in [3.8, 4) is 0 Å². The minimum absolute atomic E-state index is 0.211. The fourth-order valence-corrected chi connectivity index (χ4v) is 0.358. The van der Waals surface area contributed by atoms with Gasteiger partial charge in [0.15, 0.2) is 0 Å². The summed E-state index contributed by atoms with van der Waals surface area (Å²) in [5.74, 6) is -0.421. The molecule has 0 aliphatic heterocycles. The highest BCUT2D eigenvalue weighted by molar-refractivity contribution is 5.73. The Morgan fingerprint density at radius 3 is 2.00 bits per heavy atom. The van der Waals surface area contributed by atoms with Crippen molar-refractivity contribution in [2.24, 2.45) is 5.73 Å². The van der Waals surface area contributed by atoms with E-state index in [4.69, 9.17) is 10.8 Å². The van der Waals surface area contributed by atoms with Gasteiger partial charge >= 0.3 is 0 Å². The van der Waals surface area contributed by atoms with Gasteiger partial charge in [0, 0.05) is 13.3 Å². The molecule has 2 amide bonds. The molecule has 12 heavy (non-hydrogen) atoms. The second-order valence-corrected chi connectivity index (χ2v) is 2.11. The van der Waals surface area contributed by atoms with Gasteiger partial charge < -0.3 is 16.2 Å². The molecule has 0 aliphatic carbocycles. The van der Waals surface area contributed by atoms with Crippen molar-refractivity contribution in [1.82, 2.24) is 5.32 Å². The Bertz CT molecular complexity index is 121. The first-order chi connectivity index (χ1) is 5.54. The molecule has 0 aliphatic rings. The van der Waals surface area contributed by atoms with E-state index in [9.17, 15) is 9.59 Å². The lowest BCUT2D eigenvalue weighted by molar-refractivity contribution is -0.120. The molecule has 72 valence electrons. The molecular formula is C7H16N2O3. The second kappa shape index (κ2) is 9.90. The SMILES string of the molecule is CC(=O)NCO.CCCC(N)=O. The van der Waals surface area contributed by atoms with Gasteiger partial charge in [0.1, 0.15) is 6.73 Å². The molecule has 0 rings (SSSR count). The summed E-state index contributed by atoms with van der Waals surface area (Å²) in [6, 6.07) is 0. The molecule has 5 heteroatoms. The third-order valence-electron chi connectivity index (χ3n) is 0.824. The fraction of sp³-hybridized carbons (Fsp3) is 0.714. The third-order valence-corrected chi connectivity index (χ3v) is 0.824. The summed E-state index contributed by atoms with van der Waals surface area (Å²) in [6.07, 6.45) is 1.37. The van der Waals surface area contributed by atoms with Gasteiger partial charge in [-0.2, -0.15) is 0 Å². The van der Waals surface area contributed by atoms with Crippen molar-refractivity contribution >= 4 is 11.8 Å². The van der Waals surface area contributed by atoms with Gasteiger partial charge in [-0.25, -0.2) is 0 Å². The van der Waals surface area contributed by atoms with Gasteiger partial charge in [-0.3, -0.25) is 9.59 Å². The number of aliphatic hydroxyl groups excluding tert-OH is 1. The van der Waals surface area contributed by atoms with Crippen molar-refractivity contribution in [2.45, 2.75) is 26.7 Å². The van der Waals surface area contributed by atoms with Crippen LogP contribution in [-0.2, 0) is 9.59 Å². The number of hydrogen-bond donors (Lipinski definition) is 3. The molecule has 0 saturated heterocycles. The predicted molar refractivity (Wildman–Crippen MR) is 45.0 cm³/mol. The van der Waals surface area contributed by atoms with Crippen LogP contribution < -0.4 is 11.1 Å². The standard InChI is InChI=1S/C4H9NO.C3H7NO2/c1-2-3-4(5)6;1-3(6)4-2-5/h2-3H2,1H3,(H2,5,6);5H,2H2,1H3,(H,4,6). The van der Waals surface area contributed by atoms with Gasteiger partial charge in [-0.15, -0.1) is 0 Å². The Morgan fingerprint density at radius 1 is 1.50 bits per heavy atom. The van der Waals surface area contributed by atoms with E-state index < -0.39 is 0 Å². The van der Waals surface area contributed by atoms with Crippen LogP contribution in [0.4, 0.5) is 0 Å². The van der Waals surface area contributed by atoms with Crippen molar-refractivity contribution in [2.75, 3.05) is 6.73 Å². The van der Waals surface area contributed by atoms with Crippen LogP contribution in [0.5, 0.6) is 0 Å². The number of primary amides is 1. The zero-order valence-electron chi connectivity index (χ0n) is 7.46. The lowest BCUT2D eigenvalue weighted by Gasteiger charge is -1.88. The first kappa shape index (κ1) is 13.5. The minimum Gasteiger partial charge on any atom is -0.377 e. The van der Waals surface area contributed by atoms with E-state index in [2.05, 4.69) is 5.32 Å². The Hall–Kier alpha value is -1.10. The quantitative estimate of drug-likeness (QED) is 0.498. The van der Waals surface area contributed by atoms with Crippen LogP contribution in [0.1, 0.15) is 26.7 Å². The summed E-state index contributed by atoms with van der Waals surface area (Å²) in [7, 11) is 0. The van der Waals surface area contributed by atoms with E-state index in [1.54, 1.807) is 0 Å². The number of amides is 2. The Morgan fingerprint density at radius 2 is 2.00 bits per heavy atom. The van der Waals surface area contributed by atoms with Crippen LogP contribution in [-0.4, -0.2) is 23.7 Å². The van der Waals surface area contributed by atoms with Crippen LogP contribution in [0.25, 0.3) is 0 Å². The molecule has 4 N–H and O–H groups in total. The van der Waals surface area contributed by atoms with Gasteiger partial charge in [-0.1, -0.05) is 6.92 Å². The molecule has 0 heterocycles. The Balaban J connectivity index is 0. The number of rotatable bonds is 3. The number of carbonyl (C=O) groups excluding carboxylic acids is 2. The van der Waals surface area contributed by atoms with Crippen LogP contribution in [0, 0.1) is 0 Å². The molecule has 0 spiro atoms. The van der Waals surface area contributed by atoms with Crippen LogP contribution >= 0.6 is 0 Å². The molecule has 0 fully saturated rings. The van der Waals surface area contributed by atoms with Gasteiger partial charge in [0.25, 0.3) is 0 Å². The lowest BCUT2D eigenvalue weighted by Crippen LogP contribution is -2.19. The van der Waals surface area contributed by atoms with Crippen LogP contribution in [0.3, 0.4) is 0 Å². The van der Waals surface area contributed by atoms with E-state index in [0.717, 1.165) is 6.42 Å². The Kier molecular flexibility index (Phi) is 11.1. The summed E-state index contributed by atoms with van der Waals surface area (Å²) in [5, 5.41) is 10.0. The third kappa shape index (κ3) is 23.1. The molecule has 5 nitrogen and oxygen atoms in total. The maximum Gasteiger partial charge on any atom is 0.218 e. The summed E-state index contributed by atoms with van der Waals surface area (Å²) in [5.41, 5.74) is 4.76. The van der Waals surface area contributed by atoms with Gasteiger partial charge in [0.05, 0.1) is 0 Å². The van der Waals surface area contributed by atoms with Crippen LogP contribution in [0.2, 0.25) is 0 Å².